The van der Waals surface area contributed by atoms with Crippen LogP contribution in [0.4, 0.5) is 5.69 Å². The smallest absolute Gasteiger partial charge is 0.177 e. The number of anilines is 1. The Morgan fingerprint density at radius 2 is 1.83 bits per heavy atom. The topological polar surface area (TPSA) is 101 Å². The minimum atomic E-state index is -0.488. The number of aromatic hydroxyl groups is 2. The Balaban J connectivity index is 2.60. The van der Waals surface area contributed by atoms with E-state index in [2.05, 4.69) is 0 Å². The Morgan fingerprint density at radius 3 is 2.39 bits per heavy atom. The lowest BCUT2D eigenvalue weighted by Gasteiger charge is -2.30. The SMILES string of the molecule is N#Cc1cc(O)c(O)c(C#N)c1N1CCOCC1. The molecule has 6 nitrogen and oxygen atoms in total. The molecule has 92 valence electrons. The summed E-state index contributed by atoms with van der Waals surface area (Å²) in [5.74, 6) is -0.946. The summed E-state index contributed by atoms with van der Waals surface area (Å²) in [6, 6.07) is 4.93. The van der Waals surface area contributed by atoms with Crippen LogP contribution in [0.15, 0.2) is 6.07 Å². The van der Waals surface area contributed by atoms with E-state index in [1.807, 2.05) is 12.1 Å². The normalized spacial score (nSPS) is 14.9. The zero-order valence-corrected chi connectivity index (χ0v) is 9.55. The monoisotopic (exact) mass is 245 g/mol. The fourth-order valence-corrected chi connectivity index (χ4v) is 1.95. The lowest BCUT2D eigenvalue weighted by Crippen LogP contribution is -2.37. The van der Waals surface area contributed by atoms with Crippen molar-refractivity contribution < 1.29 is 14.9 Å². The van der Waals surface area contributed by atoms with E-state index in [0.717, 1.165) is 0 Å². The van der Waals surface area contributed by atoms with Crippen LogP contribution in [-0.2, 0) is 4.74 Å². The van der Waals surface area contributed by atoms with Gasteiger partial charge >= 0.3 is 0 Å². The number of hydrogen-bond donors (Lipinski definition) is 2. The van der Waals surface area contributed by atoms with Gasteiger partial charge in [-0.3, -0.25) is 0 Å². The van der Waals surface area contributed by atoms with Crippen LogP contribution in [0.1, 0.15) is 11.1 Å². The van der Waals surface area contributed by atoms with Crippen molar-refractivity contribution in [2.24, 2.45) is 0 Å². The first-order valence-corrected chi connectivity index (χ1v) is 5.41. The molecule has 0 radical (unpaired) electrons. The molecule has 1 heterocycles. The fraction of sp³-hybridized carbons (Fsp3) is 0.333. The van der Waals surface area contributed by atoms with E-state index in [-0.39, 0.29) is 11.1 Å². The molecule has 1 aromatic rings. The highest BCUT2D eigenvalue weighted by Gasteiger charge is 2.23. The van der Waals surface area contributed by atoms with E-state index >= 15 is 0 Å². The highest BCUT2D eigenvalue weighted by atomic mass is 16.5. The summed E-state index contributed by atoms with van der Waals surface area (Å²) in [6.45, 7) is 2.07. The molecule has 0 saturated carbocycles. The second-order valence-corrected chi connectivity index (χ2v) is 3.84. The van der Waals surface area contributed by atoms with Crippen LogP contribution in [0.25, 0.3) is 0 Å². The fourth-order valence-electron chi connectivity index (χ4n) is 1.95. The Kier molecular flexibility index (Phi) is 3.22. The summed E-state index contributed by atoms with van der Waals surface area (Å²) in [7, 11) is 0. The van der Waals surface area contributed by atoms with Gasteiger partial charge in [-0.1, -0.05) is 0 Å². The number of rotatable bonds is 1. The Morgan fingerprint density at radius 1 is 1.17 bits per heavy atom. The molecular formula is C12H11N3O3. The molecule has 2 N–H and O–H groups in total. The Hall–Kier alpha value is -2.44. The first kappa shape index (κ1) is 12.0. The molecule has 1 aliphatic rings. The van der Waals surface area contributed by atoms with Crippen molar-refractivity contribution in [3.63, 3.8) is 0 Å². The van der Waals surface area contributed by atoms with Crippen molar-refractivity contribution in [3.8, 4) is 23.6 Å². The summed E-state index contributed by atoms with van der Waals surface area (Å²) in [5.41, 5.74) is 0.454. The van der Waals surface area contributed by atoms with Gasteiger partial charge in [-0.15, -0.1) is 0 Å². The third-order valence-electron chi connectivity index (χ3n) is 2.81. The third kappa shape index (κ3) is 1.90. The summed E-state index contributed by atoms with van der Waals surface area (Å²) in [6.07, 6.45) is 0. The van der Waals surface area contributed by atoms with Gasteiger partial charge in [0.25, 0.3) is 0 Å². The predicted molar refractivity (Wildman–Crippen MR) is 62.2 cm³/mol. The number of benzene rings is 1. The van der Waals surface area contributed by atoms with Crippen molar-refractivity contribution in [2.75, 3.05) is 31.2 Å². The maximum Gasteiger partial charge on any atom is 0.177 e. The van der Waals surface area contributed by atoms with E-state index in [0.29, 0.717) is 32.0 Å². The Labute approximate surface area is 104 Å². The third-order valence-corrected chi connectivity index (χ3v) is 2.81. The quantitative estimate of drug-likeness (QED) is 0.705. The second-order valence-electron chi connectivity index (χ2n) is 3.84. The summed E-state index contributed by atoms with van der Waals surface area (Å²) < 4.78 is 5.20. The van der Waals surface area contributed by atoms with Crippen LogP contribution >= 0.6 is 0 Å². The highest BCUT2D eigenvalue weighted by Crippen LogP contribution is 2.38. The predicted octanol–water partition coefficient (Wildman–Crippen LogP) is 0.678. The van der Waals surface area contributed by atoms with Crippen LogP contribution in [-0.4, -0.2) is 36.5 Å². The van der Waals surface area contributed by atoms with E-state index in [1.165, 1.54) is 6.07 Å². The largest absolute Gasteiger partial charge is 0.504 e. The zero-order chi connectivity index (χ0) is 13.1. The maximum absolute atomic E-state index is 9.69. The van der Waals surface area contributed by atoms with E-state index in [9.17, 15) is 10.2 Å². The minimum absolute atomic E-state index is 0.0755. The Bertz CT molecular complexity index is 551. The van der Waals surface area contributed by atoms with Crippen molar-refractivity contribution in [1.29, 1.82) is 10.5 Å². The molecule has 0 spiro atoms. The van der Waals surface area contributed by atoms with Crippen molar-refractivity contribution in [1.82, 2.24) is 0 Å². The van der Waals surface area contributed by atoms with Crippen molar-refractivity contribution >= 4 is 5.69 Å². The molecule has 0 aliphatic carbocycles. The highest BCUT2D eigenvalue weighted by molar-refractivity contribution is 5.75. The van der Waals surface area contributed by atoms with Crippen LogP contribution in [0.3, 0.4) is 0 Å². The van der Waals surface area contributed by atoms with Gasteiger partial charge in [0.1, 0.15) is 17.7 Å². The van der Waals surface area contributed by atoms with Gasteiger partial charge in [0, 0.05) is 19.2 Å². The lowest BCUT2D eigenvalue weighted by molar-refractivity contribution is 0.122. The van der Waals surface area contributed by atoms with E-state index in [1.54, 1.807) is 4.90 Å². The average Bonchev–Trinajstić information content (AvgIpc) is 2.42. The van der Waals surface area contributed by atoms with Crippen molar-refractivity contribution in [2.45, 2.75) is 0 Å². The standard InChI is InChI=1S/C12H11N3O3/c13-6-8-5-10(16)12(17)9(7-14)11(8)15-1-3-18-4-2-15/h5,16-17H,1-4H2. The number of nitrogens with zero attached hydrogens (tertiary/aromatic N) is 3. The molecule has 0 bridgehead atoms. The molecule has 6 heteroatoms. The molecule has 18 heavy (non-hydrogen) atoms. The van der Waals surface area contributed by atoms with Crippen molar-refractivity contribution in [3.05, 3.63) is 17.2 Å². The number of ether oxygens (including phenoxy) is 1. The number of phenolic OH excluding ortho intramolecular Hbond substituents is 2. The first-order valence-electron chi connectivity index (χ1n) is 5.41. The molecule has 1 fully saturated rings. The second kappa shape index (κ2) is 4.82. The maximum atomic E-state index is 9.69. The molecule has 1 aromatic carbocycles. The summed E-state index contributed by atoms with van der Waals surface area (Å²) in [5, 5.41) is 37.3. The molecule has 1 saturated heterocycles. The summed E-state index contributed by atoms with van der Waals surface area (Å²) >= 11 is 0. The van der Waals surface area contributed by atoms with Crippen LogP contribution in [0, 0.1) is 22.7 Å². The number of phenols is 2. The molecule has 1 aliphatic heterocycles. The van der Waals surface area contributed by atoms with Gasteiger partial charge < -0.3 is 19.8 Å². The van der Waals surface area contributed by atoms with Gasteiger partial charge in [0.15, 0.2) is 11.5 Å². The molecule has 0 unspecified atom stereocenters. The first-order chi connectivity index (χ1) is 8.69. The number of nitriles is 2. The molecule has 0 atom stereocenters. The van der Waals surface area contributed by atoms with Gasteiger partial charge in [0.2, 0.25) is 0 Å². The molecule has 2 rings (SSSR count). The van der Waals surface area contributed by atoms with E-state index < -0.39 is 11.5 Å². The van der Waals surface area contributed by atoms with Crippen LogP contribution < -0.4 is 4.90 Å². The zero-order valence-electron chi connectivity index (χ0n) is 9.55. The number of morpholine rings is 1. The molecule has 0 amide bonds. The summed E-state index contributed by atoms with van der Waals surface area (Å²) in [4.78, 5) is 1.81. The minimum Gasteiger partial charge on any atom is -0.504 e. The lowest BCUT2D eigenvalue weighted by atomic mass is 10.0. The van der Waals surface area contributed by atoms with Gasteiger partial charge in [-0.25, -0.2) is 0 Å². The van der Waals surface area contributed by atoms with Crippen LogP contribution in [0.2, 0.25) is 0 Å². The van der Waals surface area contributed by atoms with Gasteiger partial charge in [0.05, 0.1) is 24.5 Å². The molecule has 0 aromatic heterocycles. The average molecular weight is 245 g/mol. The van der Waals surface area contributed by atoms with E-state index in [4.69, 9.17) is 15.3 Å². The van der Waals surface area contributed by atoms with Gasteiger partial charge in [-0.2, -0.15) is 10.5 Å². The van der Waals surface area contributed by atoms with Gasteiger partial charge in [-0.05, 0) is 0 Å². The molecular weight excluding hydrogens is 234 g/mol. The number of hydrogen-bond acceptors (Lipinski definition) is 6. The van der Waals surface area contributed by atoms with Crippen LogP contribution in [0.5, 0.6) is 11.5 Å².